The number of amides is 1. The lowest BCUT2D eigenvalue weighted by molar-refractivity contribution is -0.385. The number of nitro groups is 1. The average molecular weight is 318 g/mol. The fourth-order valence-electron chi connectivity index (χ4n) is 2.29. The summed E-state index contributed by atoms with van der Waals surface area (Å²) in [6.07, 6.45) is 1.90. The number of hydrogen-bond donors (Lipinski definition) is 2. The molecule has 8 heteroatoms. The van der Waals surface area contributed by atoms with E-state index in [0.717, 1.165) is 44.1 Å². The summed E-state index contributed by atoms with van der Waals surface area (Å²) in [7, 11) is 0. The zero-order valence-electron chi connectivity index (χ0n) is 11.3. The SMILES string of the molecule is Cl.O=C(NCCC1CCNC1)c1ccc(F)cc1[N+](=O)[O-]. The standard InChI is InChI=1S/C13H16FN3O3.ClH/c14-10-1-2-11(12(7-10)17(19)20)13(18)16-6-4-9-3-5-15-8-9;/h1-2,7,9,15H,3-6,8H2,(H,16,18);1H. The van der Waals surface area contributed by atoms with Crippen LogP contribution in [0.3, 0.4) is 0 Å². The molecule has 0 saturated carbocycles. The van der Waals surface area contributed by atoms with E-state index in [-0.39, 0.29) is 18.0 Å². The predicted molar refractivity (Wildman–Crippen MR) is 78.2 cm³/mol. The molecular weight excluding hydrogens is 301 g/mol. The van der Waals surface area contributed by atoms with Crippen LogP contribution in [0.5, 0.6) is 0 Å². The normalized spacial score (nSPS) is 17.1. The van der Waals surface area contributed by atoms with Gasteiger partial charge in [0.25, 0.3) is 11.6 Å². The monoisotopic (exact) mass is 317 g/mol. The van der Waals surface area contributed by atoms with E-state index in [9.17, 15) is 19.3 Å². The van der Waals surface area contributed by atoms with Crippen LogP contribution in [0.2, 0.25) is 0 Å². The molecule has 1 saturated heterocycles. The molecular formula is C13H17ClFN3O3. The second-order valence-corrected chi connectivity index (χ2v) is 4.82. The molecule has 1 heterocycles. The van der Waals surface area contributed by atoms with Gasteiger partial charge in [0, 0.05) is 6.54 Å². The summed E-state index contributed by atoms with van der Waals surface area (Å²) in [6.45, 7) is 2.38. The molecule has 21 heavy (non-hydrogen) atoms. The molecule has 1 amide bonds. The van der Waals surface area contributed by atoms with Gasteiger partial charge in [0.05, 0.1) is 11.0 Å². The Labute approximate surface area is 127 Å². The summed E-state index contributed by atoms with van der Waals surface area (Å²) in [5.41, 5.74) is -0.619. The third kappa shape index (κ3) is 4.64. The minimum Gasteiger partial charge on any atom is -0.352 e. The van der Waals surface area contributed by atoms with Gasteiger partial charge in [0.15, 0.2) is 0 Å². The summed E-state index contributed by atoms with van der Waals surface area (Å²) < 4.78 is 13.0. The van der Waals surface area contributed by atoms with E-state index in [4.69, 9.17) is 0 Å². The van der Waals surface area contributed by atoms with Crippen LogP contribution in [0.15, 0.2) is 18.2 Å². The first-order valence-electron chi connectivity index (χ1n) is 6.51. The molecule has 116 valence electrons. The van der Waals surface area contributed by atoms with Crippen molar-refractivity contribution in [3.63, 3.8) is 0 Å². The maximum atomic E-state index is 13.0. The Hall–Kier alpha value is -1.73. The molecule has 1 aliphatic rings. The number of rotatable bonds is 5. The Kier molecular flexibility index (Phi) is 6.51. The average Bonchev–Trinajstić information content (AvgIpc) is 2.91. The molecule has 0 aromatic heterocycles. The van der Waals surface area contributed by atoms with E-state index in [0.29, 0.717) is 12.5 Å². The molecule has 2 N–H and O–H groups in total. The van der Waals surface area contributed by atoms with Gasteiger partial charge in [0.1, 0.15) is 11.4 Å². The van der Waals surface area contributed by atoms with E-state index < -0.39 is 22.3 Å². The van der Waals surface area contributed by atoms with Gasteiger partial charge in [0.2, 0.25) is 0 Å². The van der Waals surface area contributed by atoms with Crippen molar-refractivity contribution in [3.05, 3.63) is 39.7 Å². The largest absolute Gasteiger partial charge is 0.352 e. The van der Waals surface area contributed by atoms with Gasteiger partial charge in [-0.3, -0.25) is 14.9 Å². The third-order valence-corrected chi connectivity index (χ3v) is 3.40. The van der Waals surface area contributed by atoms with Crippen molar-refractivity contribution in [3.8, 4) is 0 Å². The number of hydrogen-bond acceptors (Lipinski definition) is 4. The van der Waals surface area contributed by atoms with Gasteiger partial charge >= 0.3 is 0 Å². The molecule has 6 nitrogen and oxygen atoms in total. The minimum atomic E-state index is -0.751. The summed E-state index contributed by atoms with van der Waals surface area (Å²) in [5, 5.41) is 16.7. The summed E-state index contributed by atoms with van der Waals surface area (Å²) in [6, 6.07) is 2.94. The third-order valence-electron chi connectivity index (χ3n) is 3.40. The van der Waals surface area contributed by atoms with Crippen LogP contribution < -0.4 is 10.6 Å². The maximum Gasteiger partial charge on any atom is 0.285 e. The van der Waals surface area contributed by atoms with E-state index in [1.807, 2.05) is 0 Å². The Bertz CT molecular complexity index is 521. The molecule has 0 radical (unpaired) electrons. The van der Waals surface area contributed by atoms with Crippen molar-refractivity contribution in [1.82, 2.24) is 10.6 Å². The molecule has 2 rings (SSSR count). The van der Waals surface area contributed by atoms with Gasteiger partial charge in [-0.25, -0.2) is 4.39 Å². The molecule has 1 aliphatic heterocycles. The van der Waals surface area contributed by atoms with E-state index >= 15 is 0 Å². The van der Waals surface area contributed by atoms with Crippen molar-refractivity contribution in [1.29, 1.82) is 0 Å². The zero-order valence-corrected chi connectivity index (χ0v) is 12.1. The number of nitrogens with one attached hydrogen (secondary N) is 2. The van der Waals surface area contributed by atoms with Crippen LogP contribution in [0, 0.1) is 21.8 Å². The second kappa shape index (κ2) is 7.90. The number of nitro benzene ring substituents is 1. The van der Waals surface area contributed by atoms with Crippen molar-refractivity contribution in [2.45, 2.75) is 12.8 Å². The number of halogens is 2. The van der Waals surface area contributed by atoms with Gasteiger partial charge in [-0.2, -0.15) is 0 Å². The summed E-state index contributed by atoms with van der Waals surface area (Å²) in [5.74, 6) is -0.744. The molecule has 1 aromatic carbocycles. The highest BCUT2D eigenvalue weighted by atomic mass is 35.5. The topological polar surface area (TPSA) is 84.3 Å². The molecule has 0 aliphatic carbocycles. The molecule has 0 spiro atoms. The lowest BCUT2D eigenvalue weighted by Crippen LogP contribution is -2.27. The highest BCUT2D eigenvalue weighted by molar-refractivity contribution is 5.98. The number of nitrogens with zero attached hydrogens (tertiary/aromatic N) is 1. The fourth-order valence-corrected chi connectivity index (χ4v) is 2.29. The quantitative estimate of drug-likeness (QED) is 0.641. The smallest absolute Gasteiger partial charge is 0.285 e. The van der Waals surface area contributed by atoms with Crippen molar-refractivity contribution < 1.29 is 14.1 Å². The first-order chi connectivity index (χ1) is 9.58. The Morgan fingerprint density at radius 2 is 2.29 bits per heavy atom. The van der Waals surface area contributed by atoms with Crippen LogP contribution in [-0.4, -0.2) is 30.5 Å². The van der Waals surface area contributed by atoms with Gasteiger partial charge in [-0.1, -0.05) is 0 Å². The van der Waals surface area contributed by atoms with Gasteiger partial charge in [-0.05, 0) is 44.0 Å². The number of carbonyl (C=O) groups is 1. The van der Waals surface area contributed by atoms with Crippen LogP contribution in [0.25, 0.3) is 0 Å². The van der Waals surface area contributed by atoms with E-state index in [1.165, 1.54) is 0 Å². The fraction of sp³-hybridized carbons (Fsp3) is 0.462. The van der Waals surface area contributed by atoms with Crippen LogP contribution >= 0.6 is 12.4 Å². The minimum absolute atomic E-state index is 0. The van der Waals surface area contributed by atoms with Crippen molar-refractivity contribution in [2.24, 2.45) is 5.92 Å². The first kappa shape index (κ1) is 17.3. The first-order valence-corrected chi connectivity index (χ1v) is 6.51. The van der Waals surface area contributed by atoms with Crippen molar-refractivity contribution >= 4 is 24.0 Å². The highest BCUT2D eigenvalue weighted by Crippen LogP contribution is 2.19. The molecule has 1 unspecified atom stereocenters. The molecule has 0 bridgehead atoms. The van der Waals surface area contributed by atoms with Crippen LogP contribution in [0.4, 0.5) is 10.1 Å². The Morgan fingerprint density at radius 3 is 2.90 bits per heavy atom. The summed E-state index contributed by atoms with van der Waals surface area (Å²) >= 11 is 0. The van der Waals surface area contributed by atoms with Crippen molar-refractivity contribution in [2.75, 3.05) is 19.6 Å². The van der Waals surface area contributed by atoms with Gasteiger partial charge < -0.3 is 10.6 Å². The highest BCUT2D eigenvalue weighted by Gasteiger charge is 2.21. The lowest BCUT2D eigenvalue weighted by Gasteiger charge is -2.09. The number of benzene rings is 1. The molecule has 1 atom stereocenters. The number of carbonyl (C=O) groups excluding carboxylic acids is 1. The Balaban J connectivity index is 0.00000220. The molecule has 1 fully saturated rings. The predicted octanol–water partition coefficient (Wildman–Crippen LogP) is 1.89. The zero-order chi connectivity index (χ0) is 14.5. The lowest BCUT2D eigenvalue weighted by atomic mass is 10.1. The summed E-state index contributed by atoms with van der Waals surface area (Å²) in [4.78, 5) is 22.0. The van der Waals surface area contributed by atoms with E-state index in [1.54, 1.807) is 0 Å². The van der Waals surface area contributed by atoms with Crippen LogP contribution in [-0.2, 0) is 0 Å². The maximum absolute atomic E-state index is 13.0. The van der Waals surface area contributed by atoms with E-state index in [2.05, 4.69) is 10.6 Å². The second-order valence-electron chi connectivity index (χ2n) is 4.82. The van der Waals surface area contributed by atoms with Gasteiger partial charge in [-0.15, -0.1) is 12.4 Å². The van der Waals surface area contributed by atoms with Crippen LogP contribution in [0.1, 0.15) is 23.2 Å². The molecule has 1 aromatic rings. The Morgan fingerprint density at radius 1 is 1.52 bits per heavy atom.